The van der Waals surface area contributed by atoms with E-state index in [1.807, 2.05) is 0 Å². The fourth-order valence-corrected chi connectivity index (χ4v) is 1.75. The molecule has 0 aliphatic heterocycles. The Hall–Kier alpha value is -2.40. The number of hydrogen-bond acceptors (Lipinski definition) is 4. The van der Waals surface area contributed by atoms with E-state index in [-0.39, 0.29) is 34.3 Å². The summed E-state index contributed by atoms with van der Waals surface area (Å²) in [5.41, 5.74) is -0.339. The zero-order chi connectivity index (χ0) is 18.9. The molecule has 0 fully saturated rings. The van der Waals surface area contributed by atoms with E-state index in [1.165, 1.54) is 0 Å². The number of benzene rings is 1. The Morgan fingerprint density at radius 1 is 1.29 bits per heavy atom. The van der Waals surface area contributed by atoms with Crippen LogP contribution in [0, 0.1) is 0 Å². The minimum absolute atomic E-state index is 0.0812. The number of carboxylic acids is 1. The van der Waals surface area contributed by atoms with Crippen LogP contribution in [0.1, 0.15) is 28.8 Å². The SMILES string of the molecule is [2H]c1c([2H])c(Cl)c([2H])c(-c2cnc(C(=O)CCC(=O)O)c(O)c2)c1[2H]. The van der Waals surface area contributed by atoms with Crippen LogP contribution in [-0.2, 0) is 4.79 Å². The molecule has 1 heterocycles. The van der Waals surface area contributed by atoms with Crippen LogP contribution >= 0.6 is 11.6 Å². The van der Waals surface area contributed by atoms with Gasteiger partial charge in [0, 0.05) is 23.2 Å². The van der Waals surface area contributed by atoms with Crippen molar-refractivity contribution >= 4 is 23.4 Å². The van der Waals surface area contributed by atoms with Gasteiger partial charge >= 0.3 is 5.97 Å². The van der Waals surface area contributed by atoms with Crippen molar-refractivity contribution in [1.82, 2.24) is 4.98 Å². The number of nitrogens with zero attached hydrogens (tertiary/aromatic N) is 1. The predicted octanol–water partition coefficient (Wildman–Crippen LogP) is 3.16. The van der Waals surface area contributed by atoms with Crippen molar-refractivity contribution < 1.29 is 25.3 Å². The summed E-state index contributed by atoms with van der Waals surface area (Å²) in [6, 6.07) is -0.620. The molecule has 1 aromatic heterocycles. The number of aromatic hydroxyl groups is 1. The Morgan fingerprint density at radius 3 is 2.71 bits per heavy atom. The number of carbonyl (C=O) groups excluding carboxylic acids is 1. The molecule has 5 nitrogen and oxygen atoms in total. The normalized spacial score (nSPS) is 13.0. The number of aliphatic carboxylic acids is 1. The van der Waals surface area contributed by atoms with Crippen molar-refractivity contribution in [1.29, 1.82) is 0 Å². The smallest absolute Gasteiger partial charge is 0.303 e. The Kier molecular flexibility index (Phi) is 3.14. The summed E-state index contributed by atoms with van der Waals surface area (Å²) in [5, 5.41) is 18.3. The van der Waals surface area contributed by atoms with Crippen molar-refractivity contribution in [2.24, 2.45) is 0 Å². The highest BCUT2D eigenvalue weighted by molar-refractivity contribution is 6.30. The quantitative estimate of drug-likeness (QED) is 0.828. The van der Waals surface area contributed by atoms with Crippen molar-refractivity contribution in [3.8, 4) is 16.9 Å². The minimum Gasteiger partial charge on any atom is -0.506 e. The number of aromatic nitrogens is 1. The van der Waals surface area contributed by atoms with Gasteiger partial charge < -0.3 is 10.2 Å². The fraction of sp³-hybridized carbons (Fsp3) is 0.133. The standard InChI is InChI=1S/C15H12ClNO4/c16-11-3-1-2-9(6-11)10-7-13(19)15(17-8-10)12(18)4-5-14(20)21/h1-3,6-8,19H,4-5H2,(H,20,21)/i1D,2D,3D,6D. The van der Waals surface area contributed by atoms with E-state index in [0.29, 0.717) is 0 Å². The number of carbonyl (C=O) groups is 2. The highest BCUT2D eigenvalue weighted by Gasteiger charge is 2.15. The van der Waals surface area contributed by atoms with E-state index in [0.717, 1.165) is 12.3 Å². The van der Waals surface area contributed by atoms with Crippen molar-refractivity contribution in [3.05, 3.63) is 47.1 Å². The van der Waals surface area contributed by atoms with Crippen LogP contribution < -0.4 is 0 Å². The van der Waals surface area contributed by atoms with Crippen LogP contribution in [0.25, 0.3) is 11.1 Å². The van der Waals surface area contributed by atoms with Crippen LogP contribution in [0.15, 0.2) is 36.4 Å². The van der Waals surface area contributed by atoms with E-state index >= 15 is 0 Å². The third-order valence-electron chi connectivity index (χ3n) is 2.58. The topological polar surface area (TPSA) is 87.5 Å². The Balaban J connectivity index is 2.49. The van der Waals surface area contributed by atoms with Gasteiger partial charge in [0.25, 0.3) is 0 Å². The molecule has 21 heavy (non-hydrogen) atoms. The largest absolute Gasteiger partial charge is 0.506 e. The lowest BCUT2D eigenvalue weighted by Gasteiger charge is -2.06. The van der Waals surface area contributed by atoms with Crippen LogP contribution in [-0.4, -0.2) is 26.9 Å². The van der Waals surface area contributed by atoms with Gasteiger partial charge in [0.1, 0.15) is 11.4 Å². The molecular weight excluding hydrogens is 294 g/mol. The van der Waals surface area contributed by atoms with Gasteiger partial charge in [0.05, 0.1) is 11.9 Å². The molecule has 2 aromatic rings. The zero-order valence-corrected chi connectivity index (χ0v) is 11.4. The minimum atomic E-state index is -1.16. The molecule has 1 aromatic carbocycles. The summed E-state index contributed by atoms with van der Waals surface area (Å²) in [7, 11) is 0. The maximum absolute atomic E-state index is 11.9. The second kappa shape index (κ2) is 6.37. The van der Waals surface area contributed by atoms with E-state index in [9.17, 15) is 14.7 Å². The number of pyridine rings is 1. The summed E-state index contributed by atoms with van der Waals surface area (Å²) in [6.07, 6.45) is 0.385. The fourth-order valence-electron chi connectivity index (χ4n) is 1.61. The Morgan fingerprint density at radius 2 is 2.05 bits per heavy atom. The van der Waals surface area contributed by atoms with Gasteiger partial charge in [-0.3, -0.25) is 9.59 Å². The molecule has 0 spiro atoms. The van der Waals surface area contributed by atoms with Gasteiger partial charge in [-0.15, -0.1) is 0 Å². The monoisotopic (exact) mass is 309 g/mol. The highest BCUT2D eigenvalue weighted by atomic mass is 35.5. The third-order valence-corrected chi connectivity index (χ3v) is 2.77. The van der Waals surface area contributed by atoms with Gasteiger partial charge in [-0.2, -0.15) is 0 Å². The highest BCUT2D eigenvalue weighted by Crippen LogP contribution is 2.27. The first kappa shape index (κ1) is 10.3. The summed E-state index contributed by atoms with van der Waals surface area (Å²) < 4.78 is 31.1. The van der Waals surface area contributed by atoms with Crippen molar-refractivity contribution in [3.63, 3.8) is 0 Å². The summed E-state index contributed by atoms with van der Waals surface area (Å²) in [5.74, 6) is -2.36. The van der Waals surface area contributed by atoms with Gasteiger partial charge in [-0.25, -0.2) is 4.98 Å². The first-order chi connectivity index (χ1) is 11.6. The molecular formula is C15H12ClNO4. The first-order valence-electron chi connectivity index (χ1n) is 7.85. The van der Waals surface area contributed by atoms with Gasteiger partial charge in [0.2, 0.25) is 0 Å². The molecule has 0 aliphatic carbocycles. The lowest BCUT2D eigenvalue weighted by Crippen LogP contribution is -2.06. The lowest BCUT2D eigenvalue weighted by molar-refractivity contribution is -0.136. The van der Waals surface area contributed by atoms with Crippen LogP contribution in [0.4, 0.5) is 0 Å². The molecule has 0 aliphatic rings. The summed E-state index contributed by atoms with van der Waals surface area (Å²) in [6.45, 7) is 0. The molecule has 0 atom stereocenters. The molecule has 6 heteroatoms. The molecule has 0 radical (unpaired) electrons. The third kappa shape index (κ3) is 3.79. The van der Waals surface area contributed by atoms with Crippen LogP contribution in [0.3, 0.4) is 0 Å². The number of halogens is 1. The van der Waals surface area contributed by atoms with Gasteiger partial charge in [-0.05, 0) is 23.7 Å². The molecule has 0 saturated heterocycles. The first-order valence-corrected chi connectivity index (χ1v) is 6.23. The van der Waals surface area contributed by atoms with E-state index in [4.69, 9.17) is 22.2 Å². The molecule has 2 rings (SSSR count). The summed E-state index contributed by atoms with van der Waals surface area (Å²) >= 11 is 5.83. The number of rotatable bonds is 5. The molecule has 108 valence electrons. The molecule has 0 bridgehead atoms. The predicted molar refractivity (Wildman–Crippen MR) is 77.5 cm³/mol. The second-order valence-electron chi connectivity index (χ2n) is 4.10. The van der Waals surface area contributed by atoms with Crippen LogP contribution in [0.2, 0.25) is 5.02 Å². The molecule has 0 saturated carbocycles. The molecule has 0 amide bonds. The summed E-state index contributed by atoms with van der Waals surface area (Å²) in [4.78, 5) is 26.2. The maximum Gasteiger partial charge on any atom is 0.303 e. The van der Waals surface area contributed by atoms with Crippen LogP contribution in [0.5, 0.6) is 5.75 Å². The number of ketones is 1. The van der Waals surface area contributed by atoms with E-state index < -0.39 is 42.1 Å². The van der Waals surface area contributed by atoms with Crippen molar-refractivity contribution in [2.45, 2.75) is 12.8 Å². The number of carboxylic acid groups (broad SMARTS) is 1. The average molecular weight is 310 g/mol. The average Bonchev–Trinajstić information content (AvgIpc) is 2.56. The second-order valence-corrected chi connectivity index (χ2v) is 4.48. The molecule has 0 unspecified atom stereocenters. The van der Waals surface area contributed by atoms with Gasteiger partial charge in [0.15, 0.2) is 5.78 Å². The lowest BCUT2D eigenvalue weighted by atomic mass is 10.1. The van der Waals surface area contributed by atoms with E-state index in [1.54, 1.807) is 0 Å². The Labute approximate surface area is 131 Å². The maximum atomic E-state index is 11.9. The number of Topliss-reactive ketones (excluding diaryl/α,β-unsaturated/α-hetero) is 1. The van der Waals surface area contributed by atoms with Crippen molar-refractivity contribution in [2.75, 3.05) is 0 Å². The number of hydrogen-bond donors (Lipinski definition) is 2. The van der Waals surface area contributed by atoms with Gasteiger partial charge in [-0.1, -0.05) is 23.7 Å². The Bertz CT molecular complexity index is 859. The van der Waals surface area contributed by atoms with E-state index in [2.05, 4.69) is 4.98 Å². The molecule has 2 N–H and O–H groups in total. The zero-order valence-electron chi connectivity index (χ0n) is 14.6.